The van der Waals surface area contributed by atoms with Crippen LogP contribution in [0.25, 0.3) is 0 Å². The van der Waals surface area contributed by atoms with Gasteiger partial charge >= 0.3 is 6.03 Å². The van der Waals surface area contributed by atoms with Crippen LogP contribution in [0, 0.1) is 4.91 Å². The van der Waals surface area contributed by atoms with Gasteiger partial charge < -0.3 is 5.32 Å². The molecule has 0 saturated carbocycles. The van der Waals surface area contributed by atoms with Crippen molar-refractivity contribution >= 4 is 6.03 Å². The smallest absolute Gasteiger partial charge is 0.334 e. The summed E-state index contributed by atoms with van der Waals surface area (Å²) in [5, 5.41) is 5.61. The summed E-state index contributed by atoms with van der Waals surface area (Å²) in [4.78, 5) is 20.4. The summed E-state index contributed by atoms with van der Waals surface area (Å²) < 4.78 is 0. The maximum Gasteiger partial charge on any atom is 0.340 e. The normalized spacial score (nSPS) is 9.20. The first-order valence-electron chi connectivity index (χ1n) is 2.95. The molecule has 0 aliphatic rings. The van der Waals surface area contributed by atoms with E-state index in [1.807, 2.05) is 0 Å². The van der Waals surface area contributed by atoms with Gasteiger partial charge in [-0.3, -0.25) is 0 Å². The summed E-state index contributed by atoms with van der Waals surface area (Å²) in [7, 11) is 1.30. The Balaban J connectivity index is 3.73. The van der Waals surface area contributed by atoms with Crippen molar-refractivity contribution in [3.05, 3.63) is 4.91 Å². The van der Waals surface area contributed by atoms with Gasteiger partial charge in [-0.25, -0.2) is 4.79 Å². The van der Waals surface area contributed by atoms with Crippen LogP contribution in [0.5, 0.6) is 0 Å². The fourth-order valence-corrected chi connectivity index (χ4v) is 0.377. The number of carbonyl (C=O) groups is 1. The van der Waals surface area contributed by atoms with Crippen LogP contribution in [0.1, 0.15) is 13.8 Å². The zero-order valence-corrected chi connectivity index (χ0v) is 6.29. The number of nitrogens with one attached hydrogen (secondary N) is 1. The standard InChI is InChI=1S/C5H11N3O2/c1-4(2)6-5(9)8(3)7-10/h4H,1-3H3,(H,6,9). The van der Waals surface area contributed by atoms with E-state index < -0.39 is 6.03 Å². The van der Waals surface area contributed by atoms with Crippen LogP contribution < -0.4 is 5.32 Å². The molecule has 0 aromatic heterocycles. The summed E-state index contributed by atoms with van der Waals surface area (Å²) in [6, 6.07) is -0.457. The maximum atomic E-state index is 10.7. The molecule has 0 unspecified atom stereocenters. The highest BCUT2D eigenvalue weighted by molar-refractivity contribution is 5.73. The Bertz CT molecular complexity index is 135. The molecule has 0 bridgehead atoms. The highest BCUT2D eigenvalue weighted by Crippen LogP contribution is 1.85. The molecule has 0 aliphatic carbocycles. The SMILES string of the molecule is CC(C)NC(=O)N(C)N=O. The van der Waals surface area contributed by atoms with Gasteiger partial charge in [0.05, 0.1) is 5.29 Å². The molecule has 5 heteroatoms. The molecule has 0 rings (SSSR count). The maximum absolute atomic E-state index is 10.7. The highest BCUT2D eigenvalue weighted by atomic mass is 16.3. The summed E-state index contributed by atoms with van der Waals surface area (Å²) in [5.74, 6) is 0. The Labute approximate surface area is 59.3 Å². The summed E-state index contributed by atoms with van der Waals surface area (Å²) in [5.41, 5.74) is 0. The number of amides is 2. The van der Waals surface area contributed by atoms with E-state index in [1.54, 1.807) is 13.8 Å². The number of carbonyl (C=O) groups excluding carboxylic acids is 1. The number of rotatable bonds is 2. The van der Waals surface area contributed by atoms with E-state index in [2.05, 4.69) is 10.6 Å². The van der Waals surface area contributed by atoms with E-state index in [4.69, 9.17) is 0 Å². The van der Waals surface area contributed by atoms with Gasteiger partial charge in [0.25, 0.3) is 0 Å². The van der Waals surface area contributed by atoms with E-state index >= 15 is 0 Å². The second-order valence-corrected chi connectivity index (χ2v) is 2.21. The van der Waals surface area contributed by atoms with Gasteiger partial charge in [0.2, 0.25) is 0 Å². The molecular formula is C5H11N3O2. The van der Waals surface area contributed by atoms with Crippen LogP contribution >= 0.6 is 0 Å². The van der Waals surface area contributed by atoms with Gasteiger partial charge in [0, 0.05) is 13.1 Å². The first kappa shape index (κ1) is 8.87. The molecule has 0 spiro atoms. The minimum Gasteiger partial charge on any atom is -0.334 e. The Hall–Kier alpha value is -1.13. The predicted molar refractivity (Wildman–Crippen MR) is 37.2 cm³/mol. The minimum atomic E-state index is -0.481. The molecule has 0 heterocycles. The Morgan fingerprint density at radius 3 is 2.40 bits per heavy atom. The third-order valence-corrected chi connectivity index (χ3v) is 0.829. The van der Waals surface area contributed by atoms with Gasteiger partial charge in [0.1, 0.15) is 0 Å². The predicted octanol–water partition coefficient (Wildman–Crippen LogP) is 0.718. The van der Waals surface area contributed by atoms with Crippen LogP contribution in [-0.2, 0) is 0 Å². The Kier molecular flexibility index (Phi) is 3.38. The van der Waals surface area contributed by atoms with Crippen LogP contribution in [-0.4, -0.2) is 24.1 Å². The molecule has 0 aromatic rings. The quantitative estimate of drug-likeness (QED) is 0.459. The van der Waals surface area contributed by atoms with E-state index in [0.29, 0.717) is 5.01 Å². The molecule has 5 nitrogen and oxygen atoms in total. The van der Waals surface area contributed by atoms with Gasteiger partial charge in [-0.1, -0.05) is 0 Å². The zero-order chi connectivity index (χ0) is 8.15. The molecule has 58 valence electrons. The summed E-state index contributed by atoms with van der Waals surface area (Å²) >= 11 is 0. The van der Waals surface area contributed by atoms with Crippen molar-refractivity contribution in [2.45, 2.75) is 19.9 Å². The number of hydrogen-bond acceptors (Lipinski definition) is 3. The Morgan fingerprint density at radius 1 is 1.60 bits per heavy atom. The first-order valence-corrected chi connectivity index (χ1v) is 2.95. The lowest BCUT2D eigenvalue weighted by molar-refractivity contribution is 0.207. The lowest BCUT2D eigenvalue weighted by Crippen LogP contribution is -2.37. The fourth-order valence-electron chi connectivity index (χ4n) is 0.377. The Morgan fingerprint density at radius 2 is 2.10 bits per heavy atom. The van der Waals surface area contributed by atoms with Crippen LogP contribution in [0.3, 0.4) is 0 Å². The molecule has 0 radical (unpaired) electrons. The molecule has 0 saturated heterocycles. The number of nitroso groups, excluding NO2 is 1. The number of urea groups is 1. The molecular weight excluding hydrogens is 134 g/mol. The van der Waals surface area contributed by atoms with Gasteiger partial charge in [-0.2, -0.15) is 5.01 Å². The second kappa shape index (κ2) is 3.81. The average molecular weight is 145 g/mol. The topological polar surface area (TPSA) is 61.8 Å². The molecule has 1 N–H and O–H groups in total. The number of nitrogens with zero attached hydrogens (tertiary/aromatic N) is 2. The van der Waals surface area contributed by atoms with Crippen molar-refractivity contribution in [3.63, 3.8) is 0 Å². The van der Waals surface area contributed by atoms with Crippen LogP contribution in [0.15, 0.2) is 5.29 Å². The van der Waals surface area contributed by atoms with Crippen molar-refractivity contribution in [1.82, 2.24) is 10.3 Å². The van der Waals surface area contributed by atoms with Crippen molar-refractivity contribution in [2.75, 3.05) is 7.05 Å². The van der Waals surface area contributed by atoms with E-state index in [9.17, 15) is 9.70 Å². The molecule has 0 aromatic carbocycles. The monoisotopic (exact) mass is 145 g/mol. The molecule has 0 atom stereocenters. The largest absolute Gasteiger partial charge is 0.340 e. The highest BCUT2D eigenvalue weighted by Gasteiger charge is 2.07. The molecule has 10 heavy (non-hydrogen) atoms. The fraction of sp³-hybridized carbons (Fsp3) is 0.800. The molecule has 0 aliphatic heterocycles. The van der Waals surface area contributed by atoms with Gasteiger partial charge in [0.15, 0.2) is 0 Å². The van der Waals surface area contributed by atoms with Gasteiger partial charge in [-0.15, -0.1) is 4.91 Å². The lowest BCUT2D eigenvalue weighted by atomic mass is 10.4. The third-order valence-electron chi connectivity index (χ3n) is 0.829. The van der Waals surface area contributed by atoms with E-state index in [0.717, 1.165) is 0 Å². The summed E-state index contributed by atoms with van der Waals surface area (Å²) in [6.45, 7) is 3.60. The van der Waals surface area contributed by atoms with E-state index in [1.165, 1.54) is 7.05 Å². The molecule has 0 fully saturated rings. The summed E-state index contributed by atoms with van der Waals surface area (Å²) in [6.07, 6.45) is 0. The lowest BCUT2D eigenvalue weighted by Gasteiger charge is -2.10. The van der Waals surface area contributed by atoms with Crippen LogP contribution in [0.2, 0.25) is 0 Å². The van der Waals surface area contributed by atoms with Crippen molar-refractivity contribution in [2.24, 2.45) is 5.29 Å². The van der Waals surface area contributed by atoms with E-state index in [-0.39, 0.29) is 6.04 Å². The van der Waals surface area contributed by atoms with Crippen molar-refractivity contribution < 1.29 is 4.79 Å². The van der Waals surface area contributed by atoms with Gasteiger partial charge in [-0.05, 0) is 13.8 Å². The number of hydrogen-bond donors (Lipinski definition) is 1. The average Bonchev–Trinajstić information content (AvgIpc) is 1.85. The molecule has 2 amide bonds. The van der Waals surface area contributed by atoms with Crippen LogP contribution in [0.4, 0.5) is 4.79 Å². The van der Waals surface area contributed by atoms with Crippen molar-refractivity contribution in [1.29, 1.82) is 0 Å². The third kappa shape index (κ3) is 3.01. The first-order chi connectivity index (χ1) is 4.57. The van der Waals surface area contributed by atoms with Crippen molar-refractivity contribution in [3.8, 4) is 0 Å². The minimum absolute atomic E-state index is 0.0247. The second-order valence-electron chi connectivity index (χ2n) is 2.21. The zero-order valence-electron chi connectivity index (χ0n) is 6.29.